The number of nitrogens with zero attached hydrogens (tertiary/aromatic N) is 2. The van der Waals surface area contributed by atoms with Crippen LogP contribution in [0.4, 0.5) is 0 Å². The average molecular weight is 299 g/mol. The number of hydrogen-bond acceptors (Lipinski definition) is 7. The van der Waals surface area contributed by atoms with Gasteiger partial charge in [-0.05, 0) is 6.07 Å². The number of ether oxygens (including phenoxy) is 4. The Kier molecular flexibility index (Phi) is 3.27. The van der Waals surface area contributed by atoms with E-state index in [-0.39, 0.29) is 12.7 Å². The number of aromatic nitrogens is 2. The molecule has 0 N–H and O–H groups in total. The van der Waals surface area contributed by atoms with Crippen LogP contribution in [0, 0.1) is 0 Å². The number of methoxy groups -OCH3 is 2. The summed E-state index contributed by atoms with van der Waals surface area (Å²) in [6.45, 7) is 0.102. The van der Waals surface area contributed by atoms with Gasteiger partial charge < -0.3 is 23.5 Å². The molecule has 0 fully saturated rings. The van der Waals surface area contributed by atoms with E-state index in [2.05, 4.69) is 10.1 Å². The molecule has 0 saturated carbocycles. The van der Waals surface area contributed by atoms with Crippen LogP contribution < -0.4 is 18.9 Å². The quantitative estimate of drug-likeness (QED) is 0.801. The molecule has 0 bridgehead atoms. The van der Waals surface area contributed by atoms with Gasteiger partial charge in [0.25, 0.3) is 0 Å². The lowest BCUT2D eigenvalue weighted by molar-refractivity contribution is 0.168. The third-order valence-electron chi connectivity index (χ3n) is 2.81. The van der Waals surface area contributed by atoms with Gasteiger partial charge in [0, 0.05) is 0 Å². The highest BCUT2D eigenvalue weighted by Gasteiger charge is 2.29. The predicted molar refractivity (Wildman–Crippen MR) is 68.5 cm³/mol. The van der Waals surface area contributed by atoms with E-state index in [9.17, 15) is 0 Å². The van der Waals surface area contributed by atoms with Crippen LogP contribution in [-0.4, -0.2) is 31.2 Å². The first-order chi connectivity index (χ1) is 9.78. The molecule has 1 aromatic heterocycles. The summed E-state index contributed by atoms with van der Waals surface area (Å²) in [4.78, 5) is 4.17. The molecule has 0 unspecified atom stereocenters. The van der Waals surface area contributed by atoms with E-state index >= 15 is 0 Å². The molecule has 2 heterocycles. The number of hydrogen-bond donors (Lipinski definition) is 0. The second-order valence-electron chi connectivity index (χ2n) is 3.87. The SMILES string of the molecule is COc1cc(-c2noc(CCl)n2)c(OC)c2c1OCO2. The van der Waals surface area contributed by atoms with Crippen LogP contribution in [0.5, 0.6) is 23.0 Å². The number of halogens is 1. The molecule has 0 aliphatic carbocycles. The van der Waals surface area contributed by atoms with Crippen molar-refractivity contribution in [2.45, 2.75) is 5.88 Å². The molecular formula is C12H11ClN2O5. The molecule has 0 atom stereocenters. The summed E-state index contributed by atoms with van der Waals surface area (Å²) in [6.07, 6.45) is 0. The van der Waals surface area contributed by atoms with Gasteiger partial charge in [0.15, 0.2) is 11.5 Å². The Morgan fingerprint density at radius 2 is 2.05 bits per heavy atom. The number of benzene rings is 1. The first kappa shape index (κ1) is 12.9. The molecule has 106 valence electrons. The number of alkyl halides is 1. The van der Waals surface area contributed by atoms with E-state index in [1.807, 2.05) is 0 Å². The maximum atomic E-state index is 5.66. The van der Waals surface area contributed by atoms with Gasteiger partial charge in [-0.2, -0.15) is 4.98 Å². The largest absolute Gasteiger partial charge is 0.493 e. The van der Waals surface area contributed by atoms with Gasteiger partial charge in [-0.1, -0.05) is 5.16 Å². The Labute approximate surface area is 119 Å². The fraction of sp³-hybridized carbons (Fsp3) is 0.333. The molecule has 3 rings (SSSR count). The zero-order valence-corrected chi connectivity index (χ0v) is 11.6. The van der Waals surface area contributed by atoms with Crippen molar-refractivity contribution in [2.75, 3.05) is 21.0 Å². The highest BCUT2D eigenvalue weighted by molar-refractivity contribution is 6.16. The molecule has 7 nitrogen and oxygen atoms in total. The van der Waals surface area contributed by atoms with Crippen molar-refractivity contribution in [3.8, 4) is 34.4 Å². The van der Waals surface area contributed by atoms with Gasteiger partial charge in [0.2, 0.25) is 30.0 Å². The molecule has 1 aliphatic heterocycles. The van der Waals surface area contributed by atoms with E-state index in [0.717, 1.165) is 0 Å². The Balaban J connectivity index is 2.19. The van der Waals surface area contributed by atoms with Crippen LogP contribution in [0.1, 0.15) is 5.89 Å². The van der Waals surface area contributed by atoms with Gasteiger partial charge in [0.05, 0.1) is 19.8 Å². The normalized spacial score (nSPS) is 12.6. The van der Waals surface area contributed by atoms with Crippen LogP contribution in [0.15, 0.2) is 10.6 Å². The molecule has 1 aromatic carbocycles. The van der Waals surface area contributed by atoms with Gasteiger partial charge >= 0.3 is 0 Å². The minimum atomic E-state index is 0.102. The maximum Gasteiger partial charge on any atom is 0.241 e. The van der Waals surface area contributed by atoms with E-state index in [4.69, 9.17) is 35.1 Å². The first-order valence-corrected chi connectivity index (χ1v) is 6.25. The van der Waals surface area contributed by atoms with Crippen molar-refractivity contribution in [3.63, 3.8) is 0 Å². The summed E-state index contributed by atoms with van der Waals surface area (Å²) >= 11 is 5.66. The topological polar surface area (TPSA) is 75.8 Å². The van der Waals surface area contributed by atoms with E-state index in [1.54, 1.807) is 6.07 Å². The Bertz CT molecular complexity index is 643. The van der Waals surface area contributed by atoms with Crippen LogP contribution in [0.25, 0.3) is 11.4 Å². The predicted octanol–water partition coefficient (Wildman–Crippen LogP) is 2.22. The molecule has 0 spiro atoms. The standard InChI is InChI=1S/C12H11ClN2O5/c1-16-7-3-6(12-14-8(4-13)20-15-12)9(17-2)11-10(7)18-5-19-11/h3H,4-5H2,1-2H3. The molecule has 2 aromatic rings. The van der Waals surface area contributed by atoms with Crippen LogP contribution in [0.2, 0.25) is 0 Å². The summed E-state index contributed by atoms with van der Waals surface area (Å²) in [7, 11) is 3.06. The van der Waals surface area contributed by atoms with Gasteiger partial charge in [-0.3, -0.25) is 0 Å². The van der Waals surface area contributed by atoms with Gasteiger partial charge in [-0.15, -0.1) is 11.6 Å². The molecule has 0 saturated heterocycles. The highest BCUT2D eigenvalue weighted by Crippen LogP contribution is 2.51. The lowest BCUT2D eigenvalue weighted by atomic mass is 10.1. The maximum absolute atomic E-state index is 5.66. The van der Waals surface area contributed by atoms with E-state index in [0.29, 0.717) is 40.3 Å². The van der Waals surface area contributed by atoms with Gasteiger partial charge in [0.1, 0.15) is 5.88 Å². The smallest absolute Gasteiger partial charge is 0.241 e. The van der Waals surface area contributed by atoms with Crippen molar-refractivity contribution in [1.82, 2.24) is 10.1 Å². The molecular weight excluding hydrogens is 288 g/mol. The molecule has 20 heavy (non-hydrogen) atoms. The summed E-state index contributed by atoms with van der Waals surface area (Å²) in [5, 5.41) is 3.86. The third kappa shape index (κ3) is 1.90. The lowest BCUT2D eigenvalue weighted by Gasteiger charge is -2.11. The zero-order valence-electron chi connectivity index (χ0n) is 10.8. The minimum Gasteiger partial charge on any atom is -0.493 e. The Morgan fingerprint density at radius 3 is 2.70 bits per heavy atom. The minimum absolute atomic E-state index is 0.102. The van der Waals surface area contributed by atoms with Crippen molar-refractivity contribution in [1.29, 1.82) is 0 Å². The Morgan fingerprint density at radius 1 is 1.25 bits per heavy atom. The highest BCUT2D eigenvalue weighted by atomic mass is 35.5. The second kappa shape index (κ2) is 5.09. The van der Waals surface area contributed by atoms with E-state index in [1.165, 1.54) is 14.2 Å². The van der Waals surface area contributed by atoms with Gasteiger partial charge in [-0.25, -0.2) is 0 Å². The van der Waals surface area contributed by atoms with Crippen LogP contribution in [0.3, 0.4) is 0 Å². The van der Waals surface area contributed by atoms with Crippen LogP contribution in [-0.2, 0) is 5.88 Å². The summed E-state index contributed by atoms with van der Waals surface area (Å²) in [5.41, 5.74) is 0.578. The van der Waals surface area contributed by atoms with Crippen molar-refractivity contribution in [3.05, 3.63) is 12.0 Å². The molecule has 8 heteroatoms. The van der Waals surface area contributed by atoms with Crippen molar-refractivity contribution < 1.29 is 23.5 Å². The van der Waals surface area contributed by atoms with Crippen molar-refractivity contribution >= 4 is 11.6 Å². The molecule has 0 amide bonds. The zero-order chi connectivity index (χ0) is 14.1. The fourth-order valence-corrected chi connectivity index (χ4v) is 2.06. The third-order valence-corrected chi connectivity index (χ3v) is 3.04. The molecule has 1 aliphatic rings. The van der Waals surface area contributed by atoms with Crippen molar-refractivity contribution in [2.24, 2.45) is 0 Å². The summed E-state index contributed by atoms with van der Waals surface area (Å²) in [5.74, 6) is 2.71. The van der Waals surface area contributed by atoms with Crippen LogP contribution >= 0.6 is 11.6 Å². The lowest BCUT2D eigenvalue weighted by Crippen LogP contribution is -1.95. The second-order valence-corrected chi connectivity index (χ2v) is 4.14. The number of fused-ring (bicyclic) bond motifs is 1. The average Bonchev–Trinajstić information content (AvgIpc) is 3.13. The number of rotatable bonds is 4. The monoisotopic (exact) mass is 298 g/mol. The summed E-state index contributed by atoms with van der Waals surface area (Å²) in [6, 6.07) is 1.70. The Hall–Kier alpha value is -2.15. The molecule has 0 radical (unpaired) electrons. The summed E-state index contributed by atoms with van der Waals surface area (Å²) < 4.78 is 26.4. The fourth-order valence-electron chi connectivity index (χ4n) is 1.95. The van der Waals surface area contributed by atoms with E-state index < -0.39 is 0 Å². The first-order valence-electron chi connectivity index (χ1n) is 5.72.